The van der Waals surface area contributed by atoms with Crippen LogP contribution in [0.5, 0.6) is 0 Å². The standard InChI is InChI=1S/C44H66BrN5O4/c1-25(2)27(5)39(7)17-18-41(9)30-12-13-33-40(8)22-53-28(6)44(33,31(30)14-16-42(41,10)35(39)38(51)52)21-32(36(40)54-23-43(11,46)26(3)4)50-37(48-24-49-50)29-15-19-47-34(45)20-29/h14-15,19-20,24-28,30,32-33,35-36H,12-13,16-18,21-23,46H2,1-11H3,(H,51,52)/t27-,28+,30+,32-,33+,35-,36+,39-,40-,41-,42+,43+,44+/m1/s1. The van der Waals surface area contributed by atoms with Gasteiger partial charge in [-0.2, -0.15) is 5.10 Å². The Balaban J connectivity index is 1.38. The maximum absolute atomic E-state index is 13.6. The minimum atomic E-state index is -0.628. The van der Waals surface area contributed by atoms with E-state index >= 15 is 0 Å². The third kappa shape index (κ3) is 5.59. The molecule has 0 unspecified atom stereocenters. The van der Waals surface area contributed by atoms with Crippen molar-refractivity contribution >= 4 is 21.9 Å². The van der Waals surface area contributed by atoms with Crippen LogP contribution >= 0.6 is 15.9 Å². The second kappa shape index (κ2) is 13.5. The minimum Gasteiger partial charge on any atom is -0.481 e. The Morgan fingerprint density at radius 1 is 1.13 bits per heavy atom. The zero-order valence-electron chi connectivity index (χ0n) is 34.7. The lowest BCUT2D eigenvalue weighted by molar-refractivity contribution is -0.273. The van der Waals surface area contributed by atoms with Gasteiger partial charge in [0, 0.05) is 28.1 Å². The SMILES string of the molecule is CC(C)[C@@H](C)[C@@]1(C)CC[C@]2(C)[C@H]3CC[C@H]4[C@@]5(C)CO[C@@H](C)[C@@]4(C[C@@H](n4ncnc4-c4ccnc(Br)c4)[C@@H]5OC[C@](C)(N)C(C)C)C3=CC[C@@]2(C)[C@@H]1C(=O)O. The normalized spacial score (nSPS) is 42.0. The number of ether oxygens (including phenoxy) is 2. The predicted octanol–water partition coefficient (Wildman–Crippen LogP) is 9.38. The van der Waals surface area contributed by atoms with Gasteiger partial charge in [0.1, 0.15) is 10.9 Å². The lowest BCUT2D eigenvalue weighted by Crippen LogP contribution is -2.71. The molecule has 0 aromatic carbocycles. The third-order valence-electron chi connectivity index (χ3n) is 17.3. The molecule has 3 heterocycles. The molecule has 3 saturated carbocycles. The van der Waals surface area contributed by atoms with Crippen LogP contribution in [0.15, 0.2) is 40.9 Å². The number of carboxylic acids is 1. The molecule has 54 heavy (non-hydrogen) atoms. The van der Waals surface area contributed by atoms with E-state index < -0.39 is 17.4 Å². The Hall–Kier alpha value is -2.14. The quantitative estimate of drug-likeness (QED) is 0.190. The van der Waals surface area contributed by atoms with Gasteiger partial charge in [-0.3, -0.25) is 4.79 Å². The van der Waals surface area contributed by atoms with Gasteiger partial charge in [0.15, 0.2) is 5.82 Å². The molecule has 13 atom stereocenters. The third-order valence-corrected chi connectivity index (χ3v) is 17.8. The highest BCUT2D eigenvalue weighted by Gasteiger charge is 2.73. The average molecular weight is 809 g/mol. The number of rotatable bonds is 9. The van der Waals surface area contributed by atoms with E-state index in [9.17, 15) is 9.90 Å². The van der Waals surface area contributed by atoms with Gasteiger partial charge in [-0.1, -0.05) is 74.0 Å². The van der Waals surface area contributed by atoms with Crippen LogP contribution in [0.25, 0.3) is 11.4 Å². The fourth-order valence-electron chi connectivity index (χ4n) is 13.1. The second-order valence-electron chi connectivity index (χ2n) is 20.2. The van der Waals surface area contributed by atoms with Crippen LogP contribution in [-0.2, 0) is 14.3 Å². The zero-order valence-corrected chi connectivity index (χ0v) is 36.2. The molecular formula is C44H66BrN5O4. The van der Waals surface area contributed by atoms with Gasteiger partial charge in [-0.05, 0) is 126 Å². The number of fused-ring (bicyclic) bond motifs is 3. The lowest BCUT2D eigenvalue weighted by atomic mass is 9.33. The highest BCUT2D eigenvalue weighted by atomic mass is 79.9. The van der Waals surface area contributed by atoms with E-state index in [2.05, 4.69) is 108 Å². The fraction of sp³-hybridized carbons (Fsp3) is 0.773. The van der Waals surface area contributed by atoms with Crippen molar-refractivity contribution in [2.45, 2.75) is 138 Å². The molecule has 2 bridgehead atoms. The van der Waals surface area contributed by atoms with Gasteiger partial charge < -0.3 is 20.3 Å². The molecule has 3 N–H and O–H groups in total. The van der Waals surface area contributed by atoms with Crippen LogP contribution in [0.4, 0.5) is 0 Å². The highest BCUT2D eigenvalue weighted by molar-refractivity contribution is 9.10. The van der Waals surface area contributed by atoms with Gasteiger partial charge in [0.05, 0.1) is 37.4 Å². The zero-order chi connectivity index (χ0) is 39.4. The summed E-state index contributed by atoms with van der Waals surface area (Å²) in [7, 11) is 0. The predicted molar refractivity (Wildman–Crippen MR) is 215 cm³/mol. The van der Waals surface area contributed by atoms with E-state index in [1.807, 2.05) is 12.1 Å². The first-order valence-electron chi connectivity index (χ1n) is 20.7. The first-order valence-corrected chi connectivity index (χ1v) is 21.4. The molecule has 1 aliphatic heterocycles. The van der Waals surface area contributed by atoms with Crippen molar-refractivity contribution in [3.8, 4) is 11.4 Å². The number of halogens is 1. The second-order valence-corrected chi connectivity index (χ2v) is 21.1. The molecule has 4 aliphatic carbocycles. The molecule has 2 aromatic heterocycles. The van der Waals surface area contributed by atoms with Gasteiger partial charge >= 0.3 is 5.97 Å². The van der Waals surface area contributed by atoms with Crippen molar-refractivity contribution in [2.75, 3.05) is 13.2 Å². The van der Waals surface area contributed by atoms with Crippen molar-refractivity contribution < 1.29 is 19.4 Å². The topological polar surface area (TPSA) is 125 Å². The van der Waals surface area contributed by atoms with Crippen LogP contribution in [0.3, 0.4) is 0 Å². The maximum Gasteiger partial charge on any atom is 0.307 e. The largest absolute Gasteiger partial charge is 0.481 e. The monoisotopic (exact) mass is 807 g/mol. The molecule has 2 aromatic rings. The summed E-state index contributed by atoms with van der Waals surface area (Å²) in [4.78, 5) is 22.9. The molecule has 9 nitrogen and oxygen atoms in total. The molecule has 298 valence electrons. The molecule has 5 aliphatic rings. The van der Waals surface area contributed by atoms with Gasteiger partial charge in [0.25, 0.3) is 0 Å². The summed E-state index contributed by atoms with van der Waals surface area (Å²) in [6, 6.07) is 3.86. The van der Waals surface area contributed by atoms with E-state index in [4.69, 9.17) is 25.3 Å². The smallest absolute Gasteiger partial charge is 0.307 e. The van der Waals surface area contributed by atoms with Crippen LogP contribution in [0, 0.1) is 62.6 Å². The lowest BCUT2D eigenvalue weighted by Gasteiger charge is -2.72. The summed E-state index contributed by atoms with van der Waals surface area (Å²) < 4.78 is 17.1. The van der Waals surface area contributed by atoms with Crippen molar-refractivity contribution in [1.29, 1.82) is 0 Å². The fourth-order valence-corrected chi connectivity index (χ4v) is 13.5. The number of aliphatic carboxylic acids is 1. The Labute approximate surface area is 332 Å². The summed E-state index contributed by atoms with van der Waals surface area (Å²) in [5.74, 6) is 1.26. The molecule has 1 saturated heterocycles. The van der Waals surface area contributed by atoms with Crippen LogP contribution in [0.1, 0.15) is 121 Å². The van der Waals surface area contributed by atoms with Crippen molar-refractivity contribution in [1.82, 2.24) is 19.7 Å². The first-order chi connectivity index (χ1) is 25.2. The highest BCUT2D eigenvalue weighted by Crippen LogP contribution is 2.76. The summed E-state index contributed by atoms with van der Waals surface area (Å²) >= 11 is 3.58. The Bertz CT molecular complexity index is 1790. The first kappa shape index (κ1) is 40.1. The minimum absolute atomic E-state index is 0.0244. The van der Waals surface area contributed by atoms with Gasteiger partial charge in [-0.25, -0.2) is 14.6 Å². The van der Waals surface area contributed by atoms with Crippen molar-refractivity contribution in [2.24, 2.45) is 68.3 Å². The number of carbonyl (C=O) groups is 1. The van der Waals surface area contributed by atoms with E-state index in [0.29, 0.717) is 31.0 Å². The number of aromatic nitrogens is 4. The van der Waals surface area contributed by atoms with E-state index in [1.54, 1.807) is 12.5 Å². The number of nitrogens with two attached hydrogens (primary N) is 1. The van der Waals surface area contributed by atoms with E-state index in [-0.39, 0.29) is 57.2 Å². The van der Waals surface area contributed by atoms with E-state index in [1.165, 1.54) is 5.57 Å². The van der Waals surface area contributed by atoms with Gasteiger partial charge in [0.2, 0.25) is 0 Å². The molecule has 7 rings (SSSR count). The summed E-state index contributed by atoms with van der Waals surface area (Å²) in [5, 5.41) is 16.2. The van der Waals surface area contributed by atoms with Crippen molar-refractivity contribution in [3.05, 3.63) is 40.9 Å². The summed E-state index contributed by atoms with van der Waals surface area (Å²) in [6.45, 7) is 26.0. The molecule has 0 radical (unpaired) electrons. The summed E-state index contributed by atoms with van der Waals surface area (Å²) in [5.41, 5.74) is 7.40. The molecule has 0 amide bonds. The van der Waals surface area contributed by atoms with Gasteiger partial charge in [-0.15, -0.1) is 0 Å². The van der Waals surface area contributed by atoms with Crippen LogP contribution in [-0.4, -0.2) is 61.8 Å². The number of nitrogens with zero attached hydrogens (tertiary/aromatic N) is 4. The number of allylic oxidation sites excluding steroid dienone is 1. The number of pyridine rings is 1. The number of hydrogen-bond donors (Lipinski definition) is 2. The van der Waals surface area contributed by atoms with Crippen LogP contribution in [0.2, 0.25) is 0 Å². The average Bonchev–Trinajstić information content (AvgIpc) is 3.59. The maximum atomic E-state index is 13.6. The van der Waals surface area contributed by atoms with Crippen molar-refractivity contribution in [3.63, 3.8) is 0 Å². The summed E-state index contributed by atoms with van der Waals surface area (Å²) in [6.07, 6.45) is 11.4. The molecule has 10 heteroatoms. The molecule has 4 fully saturated rings. The van der Waals surface area contributed by atoms with Crippen LogP contribution < -0.4 is 5.73 Å². The van der Waals surface area contributed by atoms with E-state index in [0.717, 1.165) is 54.5 Å². The number of carboxylic acid groups (broad SMARTS) is 1. The molecule has 0 spiro atoms. The number of hydrogen-bond acceptors (Lipinski definition) is 7. The Kier molecular flexibility index (Phi) is 10.0. The Morgan fingerprint density at radius 3 is 2.50 bits per heavy atom. The Morgan fingerprint density at radius 2 is 1.85 bits per heavy atom. The molecular weight excluding hydrogens is 742 g/mol.